The number of aromatic nitrogens is 1. The number of thiophene rings is 1. The standard InChI is InChI=1S/C36H21NOS/c1-4-12-30-24(8-1)25-9-2-5-13-31(25)37(30)32-14-7-11-28-29-20-22(17-19-33(29)38-36(28)32)23-16-18-27-26-10-3-6-15-34(26)39-35(27)21-23/h1-21H. The molecule has 6 aromatic carbocycles. The average Bonchev–Trinajstić information content (AvgIpc) is 3.66. The van der Waals surface area contributed by atoms with Gasteiger partial charge in [0.1, 0.15) is 5.58 Å². The van der Waals surface area contributed by atoms with Crippen LogP contribution in [0.2, 0.25) is 0 Å². The van der Waals surface area contributed by atoms with E-state index in [1.807, 2.05) is 11.3 Å². The van der Waals surface area contributed by atoms with E-state index in [0.29, 0.717) is 0 Å². The molecule has 0 saturated heterocycles. The van der Waals surface area contributed by atoms with Crippen molar-refractivity contribution in [2.45, 2.75) is 0 Å². The van der Waals surface area contributed by atoms with Crippen LogP contribution in [0, 0.1) is 0 Å². The second-order valence-electron chi connectivity index (χ2n) is 10.1. The van der Waals surface area contributed by atoms with Gasteiger partial charge >= 0.3 is 0 Å². The van der Waals surface area contributed by atoms with Gasteiger partial charge in [-0.05, 0) is 53.6 Å². The van der Waals surface area contributed by atoms with Gasteiger partial charge < -0.3 is 8.98 Å². The molecule has 9 rings (SSSR count). The first-order valence-electron chi connectivity index (χ1n) is 13.2. The molecule has 0 fully saturated rings. The molecule has 0 aliphatic heterocycles. The Morgan fingerprint density at radius 3 is 1.92 bits per heavy atom. The van der Waals surface area contributed by atoms with Crippen LogP contribution in [-0.4, -0.2) is 4.57 Å². The predicted octanol–water partition coefficient (Wildman–Crippen LogP) is 10.7. The lowest BCUT2D eigenvalue weighted by Gasteiger charge is -2.08. The van der Waals surface area contributed by atoms with E-state index in [1.165, 1.54) is 53.1 Å². The van der Waals surface area contributed by atoms with Crippen molar-refractivity contribution in [3.8, 4) is 16.8 Å². The van der Waals surface area contributed by atoms with Crippen molar-refractivity contribution in [3.63, 3.8) is 0 Å². The molecule has 0 bridgehead atoms. The highest BCUT2D eigenvalue weighted by Gasteiger charge is 2.17. The van der Waals surface area contributed by atoms with Crippen LogP contribution in [-0.2, 0) is 0 Å². The summed E-state index contributed by atoms with van der Waals surface area (Å²) >= 11 is 1.86. The fourth-order valence-electron chi connectivity index (χ4n) is 6.23. The zero-order valence-electron chi connectivity index (χ0n) is 20.9. The molecule has 3 heterocycles. The van der Waals surface area contributed by atoms with Crippen LogP contribution in [0.4, 0.5) is 0 Å². The van der Waals surface area contributed by atoms with Gasteiger partial charge in [-0.2, -0.15) is 0 Å². The van der Waals surface area contributed by atoms with Crippen molar-refractivity contribution < 1.29 is 4.42 Å². The van der Waals surface area contributed by atoms with Crippen LogP contribution in [0.25, 0.3) is 80.7 Å². The summed E-state index contributed by atoms with van der Waals surface area (Å²) < 4.78 is 11.6. The van der Waals surface area contributed by atoms with E-state index in [4.69, 9.17) is 4.42 Å². The summed E-state index contributed by atoms with van der Waals surface area (Å²) in [4.78, 5) is 0. The van der Waals surface area contributed by atoms with Crippen molar-refractivity contribution >= 4 is 75.3 Å². The number of hydrogen-bond acceptors (Lipinski definition) is 2. The summed E-state index contributed by atoms with van der Waals surface area (Å²) in [6.07, 6.45) is 0. The van der Waals surface area contributed by atoms with Gasteiger partial charge in [0.15, 0.2) is 5.58 Å². The first-order valence-corrected chi connectivity index (χ1v) is 14.0. The van der Waals surface area contributed by atoms with Gasteiger partial charge in [-0.25, -0.2) is 0 Å². The topological polar surface area (TPSA) is 18.1 Å². The number of fused-ring (bicyclic) bond motifs is 9. The van der Waals surface area contributed by atoms with Gasteiger partial charge in [-0.3, -0.25) is 0 Å². The molecule has 0 saturated carbocycles. The minimum atomic E-state index is 0.907. The molecule has 182 valence electrons. The number of furan rings is 1. The number of rotatable bonds is 2. The number of hydrogen-bond donors (Lipinski definition) is 0. The first-order chi connectivity index (χ1) is 19.3. The molecule has 0 radical (unpaired) electrons. The number of para-hydroxylation sites is 3. The second-order valence-corrected chi connectivity index (χ2v) is 11.2. The smallest absolute Gasteiger partial charge is 0.159 e. The van der Waals surface area contributed by atoms with Crippen LogP contribution in [0.3, 0.4) is 0 Å². The highest BCUT2D eigenvalue weighted by Crippen LogP contribution is 2.40. The minimum absolute atomic E-state index is 0.907. The summed E-state index contributed by atoms with van der Waals surface area (Å²) in [7, 11) is 0. The fourth-order valence-corrected chi connectivity index (χ4v) is 7.37. The summed E-state index contributed by atoms with van der Waals surface area (Å²) in [6, 6.07) is 45.8. The van der Waals surface area contributed by atoms with Crippen molar-refractivity contribution in [3.05, 3.63) is 127 Å². The average molecular weight is 516 g/mol. The van der Waals surface area contributed by atoms with E-state index in [1.54, 1.807) is 0 Å². The first kappa shape index (κ1) is 21.1. The fraction of sp³-hybridized carbons (Fsp3) is 0. The number of nitrogens with zero attached hydrogens (tertiary/aromatic N) is 1. The molecule has 9 aromatic rings. The Hall–Kier alpha value is -4.86. The van der Waals surface area contributed by atoms with Crippen LogP contribution in [0.1, 0.15) is 0 Å². The van der Waals surface area contributed by atoms with Crippen LogP contribution < -0.4 is 0 Å². The third kappa shape index (κ3) is 2.96. The van der Waals surface area contributed by atoms with Crippen molar-refractivity contribution in [1.29, 1.82) is 0 Å². The third-order valence-corrected chi connectivity index (χ3v) is 9.14. The molecule has 0 N–H and O–H groups in total. The van der Waals surface area contributed by atoms with E-state index in [0.717, 1.165) is 27.6 Å². The Labute approximate surface area is 227 Å². The molecule has 0 spiro atoms. The SMILES string of the molecule is c1ccc2c(c1)sc1cc(-c3ccc4oc5c(-n6c7ccccc7c7ccccc76)cccc5c4c3)ccc12. The summed E-state index contributed by atoms with van der Waals surface area (Å²) in [5, 5.41) is 7.43. The largest absolute Gasteiger partial charge is 0.454 e. The summed E-state index contributed by atoms with van der Waals surface area (Å²) in [5.41, 5.74) is 7.68. The Morgan fingerprint density at radius 1 is 0.462 bits per heavy atom. The molecule has 0 unspecified atom stereocenters. The van der Waals surface area contributed by atoms with Crippen molar-refractivity contribution in [2.75, 3.05) is 0 Å². The quantitative estimate of drug-likeness (QED) is 0.224. The predicted molar refractivity (Wildman–Crippen MR) is 166 cm³/mol. The Balaban J connectivity index is 1.27. The maximum atomic E-state index is 6.59. The van der Waals surface area contributed by atoms with Crippen LogP contribution >= 0.6 is 11.3 Å². The Bertz CT molecular complexity index is 2350. The van der Waals surface area contributed by atoms with Gasteiger partial charge in [0.2, 0.25) is 0 Å². The molecular weight excluding hydrogens is 494 g/mol. The van der Waals surface area contributed by atoms with Crippen LogP contribution in [0.5, 0.6) is 0 Å². The lowest BCUT2D eigenvalue weighted by molar-refractivity contribution is 0.666. The molecule has 3 aromatic heterocycles. The van der Waals surface area contributed by atoms with E-state index in [2.05, 4.69) is 132 Å². The van der Waals surface area contributed by atoms with Gasteiger partial charge in [-0.1, -0.05) is 84.9 Å². The molecule has 0 atom stereocenters. The molecular formula is C36H21NOS. The monoisotopic (exact) mass is 515 g/mol. The third-order valence-electron chi connectivity index (χ3n) is 8.01. The summed E-state index contributed by atoms with van der Waals surface area (Å²) in [5.74, 6) is 0. The normalized spacial score (nSPS) is 12.1. The molecule has 2 nitrogen and oxygen atoms in total. The van der Waals surface area contributed by atoms with Gasteiger partial charge in [0, 0.05) is 41.7 Å². The maximum absolute atomic E-state index is 6.59. The zero-order chi connectivity index (χ0) is 25.5. The highest BCUT2D eigenvalue weighted by atomic mass is 32.1. The van der Waals surface area contributed by atoms with Crippen LogP contribution in [0.15, 0.2) is 132 Å². The highest BCUT2D eigenvalue weighted by molar-refractivity contribution is 7.25. The van der Waals surface area contributed by atoms with E-state index < -0.39 is 0 Å². The number of benzene rings is 6. The molecule has 0 aliphatic rings. The molecule has 0 amide bonds. The molecule has 3 heteroatoms. The lowest BCUT2D eigenvalue weighted by atomic mass is 10.0. The molecule has 39 heavy (non-hydrogen) atoms. The van der Waals surface area contributed by atoms with E-state index in [9.17, 15) is 0 Å². The summed E-state index contributed by atoms with van der Waals surface area (Å²) in [6.45, 7) is 0. The Morgan fingerprint density at radius 2 is 1.10 bits per heavy atom. The van der Waals surface area contributed by atoms with Crippen molar-refractivity contribution in [2.24, 2.45) is 0 Å². The lowest BCUT2D eigenvalue weighted by Crippen LogP contribution is -1.93. The van der Waals surface area contributed by atoms with Gasteiger partial charge in [0.25, 0.3) is 0 Å². The van der Waals surface area contributed by atoms with Crippen molar-refractivity contribution in [1.82, 2.24) is 4.57 Å². The zero-order valence-corrected chi connectivity index (χ0v) is 21.7. The minimum Gasteiger partial charge on any atom is -0.454 e. The van der Waals surface area contributed by atoms with Gasteiger partial charge in [0.05, 0.1) is 16.7 Å². The van der Waals surface area contributed by atoms with E-state index in [-0.39, 0.29) is 0 Å². The van der Waals surface area contributed by atoms with E-state index >= 15 is 0 Å². The molecule has 0 aliphatic carbocycles. The maximum Gasteiger partial charge on any atom is 0.159 e. The Kier molecular flexibility index (Phi) is 4.24. The van der Waals surface area contributed by atoms with Gasteiger partial charge in [-0.15, -0.1) is 11.3 Å². The second kappa shape index (κ2) is 7.83.